The second-order valence-electron chi connectivity index (χ2n) is 10.5. The number of benzene rings is 1. The number of fused-ring (bicyclic) bond motifs is 1. The number of imidazole rings is 1. The summed E-state index contributed by atoms with van der Waals surface area (Å²) in [7, 11) is 3.40. The molecule has 1 amide bonds. The van der Waals surface area contributed by atoms with Crippen molar-refractivity contribution in [3.05, 3.63) is 72.0 Å². The van der Waals surface area contributed by atoms with Crippen LogP contribution in [-0.4, -0.2) is 75.1 Å². The van der Waals surface area contributed by atoms with E-state index in [0.29, 0.717) is 53.7 Å². The maximum Gasteiger partial charge on any atom is 0.246 e. The molecular weight excluding hydrogens is 573 g/mol. The van der Waals surface area contributed by atoms with E-state index in [1.165, 1.54) is 18.3 Å². The topological polar surface area (TPSA) is 113 Å². The van der Waals surface area contributed by atoms with Crippen LogP contribution in [0.15, 0.2) is 65.5 Å². The first kappa shape index (κ1) is 29.6. The van der Waals surface area contributed by atoms with Gasteiger partial charge < -0.3 is 24.4 Å². The summed E-state index contributed by atoms with van der Waals surface area (Å²) in [6.45, 7) is 12.9. The number of carbonyl (C=O) groups excluding carboxylic acids is 1. The number of nitrogens with one attached hydrogen (secondary N) is 1. The molecule has 0 bridgehead atoms. The van der Waals surface area contributed by atoms with Crippen molar-refractivity contribution in [2.24, 2.45) is 17.0 Å². The molecule has 222 valence electrons. The number of pyridine rings is 2. The Labute approximate surface area is 253 Å². The van der Waals surface area contributed by atoms with Gasteiger partial charge in [0, 0.05) is 39.8 Å². The summed E-state index contributed by atoms with van der Waals surface area (Å²) in [4.78, 5) is 38.1. The van der Waals surface area contributed by atoms with Crippen LogP contribution in [-0.2, 0) is 11.8 Å². The van der Waals surface area contributed by atoms with Crippen molar-refractivity contribution < 1.29 is 13.9 Å². The molecule has 11 nitrogen and oxygen atoms in total. The molecule has 0 saturated carbocycles. The van der Waals surface area contributed by atoms with E-state index in [0.717, 1.165) is 0 Å². The van der Waals surface area contributed by atoms with Gasteiger partial charge in [-0.2, -0.15) is 0 Å². The molecule has 1 aliphatic rings. The first-order valence-electron chi connectivity index (χ1n) is 13.4. The van der Waals surface area contributed by atoms with E-state index in [4.69, 9.17) is 21.3 Å². The molecule has 0 aliphatic carbocycles. The summed E-state index contributed by atoms with van der Waals surface area (Å²) in [6, 6.07) is 8.36. The van der Waals surface area contributed by atoms with E-state index in [1.807, 2.05) is 27.0 Å². The van der Waals surface area contributed by atoms with Crippen LogP contribution < -0.4 is 15.0 Å². The molecule has 3 aromatic heterocycles. The Bertz CT molecular complexity index is 1770. The van der Waals surface area contributed by atoms with Crippen molar-refractivity contribution in [3.63, 3.8) is 0 Å². The third-order valence-corrected chi connectivity index (χ3v) is 7.55. The van der Waals surface area contributed by atoms with Crippen LogP contribution in [0.25, 0.3) is 11.2 Å². The molecule has 43 heavy (non-hydrogen) atoms. The van der Waals surface area contributed by atoms with Crippen LogP contribution >= 0.6 is 11.6 Å². The van der Waals surface area contributed by atoms with Gasteiger partial charge in [0.25, 0.3) is 0 Å². The van der Waals surface area contributed by atoms with E-state index >= 15 is 4.39 Å². The Morgan fingerprint density at radius 3 is 2.72 bits per heavy atom. The number of nitrogens with zero attached hydrogens (tertiary/aromatic N) is 8. The minimum atomic E-state index is -0.735. The van der Waals surface area contributed by atoms with E-state index < -0.39 is 11.4 Å². The van der Waals surface area contributed by atoms with Crippen molar-refractivity contribution in [1.29, 1.82) is 0 Å². The Kier molecular flexibility index (Phi) is 8.14. The Morgan fingerprint density at radius 2 is 2.02 bits per heavy atom. The molecule has 1 aromatic carbocycles. The van der Waals surface area contributed by atoms with Gasteiger partial charge in [0.1, 0.15) is 33.6 Å². The van der Waals surface area contributed by atoms with E-state index in [1.54, 1.807) is 41.0 Å². The number of halogens is 2. The number of aliphatic imine (C=N–C) groups is 2. The molecular formula is C30H31ClFN9O2. The number of amidine groups is 1. The lowest BCUT2D eigenvalue weighted by Gasteiger charge is -2.47. The van der Waals surface area contributed by atoms with Gasteiger partial charge in [-0.3, -0.25) is 14.8 Å². The third kappa shape index (κ3) is 5.78. The lowest BCUT2D eigenvalue weighted by molar-refractivity contribution is -0.131. The predicted molar refractivity (Wildman–Crippen MR) is 168 cm³/mol. The molecule has 1 aliphatic heterocycles. The molecule has 13 heteroatoms. The summed E-state index contributed by atoms with van der Waals surface area (Å²) < 4.78 is 23.2. The van der Waals surface area contributed by atoms with Gasteiger partial charge in [-0.15, -0.1) is 0 Å². The first-order chi connectivity index (χ1) is 20.6. The van der Waals surface area contributed by atoms with Crippen LogP contribution in [0.2, 0.25) is 5.02 Å². The van der Waals surface area contributed by atoms with Crippen molar-refractivity contribution in [1.82, 2.24) is 24.4 Å². The van der Waals surface area contributed by atoms with E-state index in [2.05, 4.69) is 43.5 Å². The Balaban J connectivity index is 1.39. The highest BCUT2D eigenvalue weighted by Gasteiger charge is 2.36. The Hall–Kier alpha value is -4.84. The number of aryl methyl sites for hydroxylation is 1. The van der Waals surface area contributed by atoms with Crippen LogP contribution in [0.3, 0.4) is 0 Å². The molecule has 0 spiro atoms. The quantitative estimate of drug-likeness (QED) is 0.171. The SMILES string of the molecule is C=CC(=O)N1CCN(c2ccc(N=C)c(C(=NC)Nc3ccc(Oc4cnc5c(c4)ncn5C)c(Cl)c3F)n2)CC1(C)C. The fraction of sp³-hybridized carbons (Fsp3) is 0.267. The summed E-state index contributed by atoms with van der Waals surface area (Å²) in [5.74, 6) is 0.548. The van der Waals surface area contributed by atoms with Crippen molar-refractivity contribution in [3.8, 4) is 11.5 Å². The second-order valence-corrected chi connectivity index (χ2v) is 10.9. The average molecular weight is 604 g/mol. The number of ether oxygens (including phenoxy) is 1. The molecule has 1 saturated heterocycles. The lowest BCUT2D eigenvalue weighted by Crippen LogP contribution is -2.61. The summed E-state index contributed by atoms with van der Waals surface area (Å²) >= 11 is 6.39. The fourth-order valence-electron chi connectivity index (χ4n) is 5.02. The van der Waals surface area contributed by atoms with Crippen molar-refractivity contribution in [2.75, 3.05) is 36.9 Å². The number of anilines is 2. The molecule has 0 atom stereocenters. The third-order valence-electron chi connectivity index (χ3n) is 7.20. The van der Waals surface area contributed by atoms with Crippen LogP contribution in [0.1, 0.15) is 19.5 Å². The molecule has 0 radical (unpaired) electrons. The van der Waals surface area contributed by atoms with Gasteiger partial charge in [0.15, 0.2) is 17.3 Å². The fourth-order valence-corrected chi connectivity index (χ4v) is 5.23. The van der Waals surface area contributed by atoms with Gasteiger partial charge in [-0.1, -0.05) is 18.2 Å². The lowest BCUT2D eigenvalue weighted by atomic mass is 9.98. The smallest absolute Gasteiger partial charge is 0.246 e. The number of aromatic nitrogens is 4. The van der Waals surface area contributed by atoms with Crippen molar-refractivity contribution >= 4 is 58.4 Å². The second kappa shape index (κ2) is 11.8. The predicted octanol–water partition coefficient (Wildman–Crippen LogP) is 5.38. The number of amides is 1. The monoisotopic (exact) mass is 603 g/mol. The first-order valence-corrected chi connectivity index (χ1v) is 13.8. The number of carbonyl (C=O) groups is 1. The van der Waals surface area contributed by atoms with Crippen LogP contribution in [0, 0.1) is 5.82 Å². The zero-order valence-corrected chi connectivity index (χ0v) is 25.1. The molecule has 0 unspecified atom stereocenters. The number of piperazine rings is 1. The molecule has 4 aromatic rings. The maximum absolute atomic E-state index is 15.5. The normalized spacial score (nSPS) is 15.0. The van der Waals surface area contributed by atoms with E-state index in [9.17, 15) is 4.79 Å². The summed E-state index contributed by atoms with van der Waals surface area (Å²) in [5.41, 5.74) is 1.77. The Morgan fingerprint density at radius 1 is 1.23 bits per heavy atom. The summed E-state index contributed by atoms with van der Waals surface area (Å²) in [6.07, 6.45) is 4.50. The maximum atomic E-state index is 15.5. The minimum absolute atomic E-state index is 0.0659. The zero-order chi connectivity index (χ0) is 30.9. The van der Waals surface area contributed by atoms with Gasteiger partial charge >= 0.3 is 0 Å². The summed E-state index contributed by atoms with van der Waals surface area (Å²) in [5, 5.41) is 2.78. The number of rotatable bonds is 7. The molecule has 1 N–H and O–H groups in total. The molecule has 1 fully saturated rings. The van der Waals surface area contributed by atoms with Crippen LogP contribution in [0.5, 0.6) is 11.5 Å². The van der Waals surface area contributed by atoms with Gasteiger partial charge in [0.05, 0.1) is 29.4 Å². The highest BCUT2D eigenvalue weighted by Crippen LogP contribution is 2.36. The zero-order valence-electron chi connectivity index (χ0n) is 24.3. The van der Waals surface area contributed by atoms with Gasteiger partial charge in [0.2, 0.25) is 5.91 Å². The average Bonchev–Trinajstić information content (AvgIpc) is 3.37. The van der Waals surface area contributed by atoms with Gasteiger partial charge in [-0.25, -0.2) is 19.3 Å². The standard InChI is InChI=1S/C30H31ClFN9O2/c1-7-24(42)41-13-12-40(16-30(41,2)3)23-11-9-20(33-4)27(38-23)28(34-5)37-19-8-10-22(25(31)26(19)32)43-18-14-21-29(35-15-18)39(6)17-36-21/h7-11,14-15,17H,1,4,12-13,16H2,2-3,5-6H3,(H,34,37). The van der Waals surface area contributed by atoms with E-state index in [-0.39, 0.29) is 28.2 Å². The molecule has 5 rings (SSSR count). The molecule has 4 heterocycles. The number of hydrogen-bond donors (Lipinski definition) is 1. The highest BCUT2D eigenvalue weighted by atomic mass is 35.5. The van der Waals surface area contributed by atoms with Gasteiger partial charge in [-0.05, 0) is 50.9 Å². The highest BCUT2D eigenvalue weighted by molar-refractivity contribution is 6.32. The minimum Gasteiger partial charge on any atom is -0.454 e. The van der Waals surface area contributed by atoms with Crippen LogP contribution in [0.4, 0.5) is 21.6 Å². The number of hydrogen-bond acceptors (Lipinski definition) is 8. The van der Waals surface area contributed by atoms with Crippen molar-refractivity contribution in [2.45, 2.75) is 19.4 Å². The largest absolute Gasteiger partial charge is 0.454 e.